The van der Waals surface area contributed by atoms with Gasteiger partial charge in [-0.25, -0.2) is 17.9 Å². The summed E-state index contributed by atoms with van der Waals surface area (Å²) in [7, 11) is -1.58. The Morgan fingerprint density at radius 1 is 1.23 bits per heavy atom. The largest absolute Gasteiger partial charge is 0.452 e. The molecule has 0 aliphatic carbocycles. The SMILES string of the molecule is CN(C(=O)COC(=O)c1cn(-c2ccccc2)nc1-c1cccs1)C1CCS(=O)(=O)C1. The predicted molar refractivity (Wildman–Crippen MR) is 117 cm³/mol. The van der Waals surface area contributed by atoms with Gasteiger partial charge in [0.1, 0.15) is 11.3 Å². The molecule has 0 N–H and O–H groups in total. The van der Waals surface area contributed by atoms with Gasteiger partial charge in [0.05, 0.1) is 22.1 Å². The fourth-order valence-electron chi connectivity index (χ4n) is 3.42. The summed E-state index contributed by atoms with van der Waals surface area (Å²) < 4.78 is 30.2. The molecule has 31 heavy (non-hydrogen) atoms. The van der Waals surface area contributed by atoms with E-state index in [4.69, 9.17) is 4.74 Å². The molecular weight excluding hydrogens is 438 g/mol. The van der Waals surface area contributed by atoms with Crippen LogP contribution in [0, 0.1) is 0 Å². The Morgan fingerprint density at radius 2 is 2.00 bits per heavy atom. The average Bonchev–Trinajstić information content (AvgIpc) is 3.51. The van der Waals surface area contributed by atoms with Crippen molar-refractivity contribution < 1.29 is 22.7 Å². The zero-order valence-electron chi connectivity index (χ0n) is 16.8. The van der Waals surface area contributed by atoms with Crippen LogP contribution in [0.4, 0.5) is 0 Å². The lowest BCUT2D eigenvalue weighted by Crippen LogP contribution is -2.40. The second-order valence-electron chi connectivity index (χ2n) is 7.29. The molecule has 0 radical (unpaired) electrons. The van der Waals surface area contributed by atoms with Crippen LogP contribution in [0.25, 0.3) is 16.3 Å². The monoisotopic (exact) mass is 459 g/mol. The van der Waals surface area contributed by atoms with Crippen molar-refractivity contribution >= 4 is 33.1 Å². The number of likely N-dealkylation sites (N-methyl/N-ethyl adjacent to an activating group) is 1. The summed E-state index contributed by atoms with van der Waals surface area (Å²) in [5, 5.41) is 6.44. The molecule has 3 heterocycles. The first-order chi connectivity index (χ1) is 14.8. The molecule has 1 aromatic carbocycles. The van der Waals surface area contributed by atoms with Crippen molar-refractivity contribution in [3.05, 3.63) is 59.6 Å². The van der Waals surface area contributed by atoms with Gasteiger partial charge < -0.3 is 9.64 Å². The van der Waals surface area contributed by atoms with Crippen LogP contribution in [0.1, 0.15) is 16.8 Å². The van der Waals surface area contributed by atoms with E-state index in [2.05, 4.69) is 5.10 Å². The van der Waals surface area contributed by atoms with Gasteiger partial charge in [-0.1, -0.05) is 24.3 Å². The molecule has 1 fully saturated rings. The molecule has 1 aliphatic heterocycles. The van der Waals surface area contributed by atoms with Gasteiger partial charge in [-0.3, -0.25) is 4.79 Å². The number of hydrogen-bond donors (Lipinski definition) is 0. The lowest BCUT2D eigenvalue weighted by Gasteiger charge is -2.23. The fraction of sp³-hybridized carbons (Fsp3) is 0.286. The highest BCUT2D eigenvalue weighted by Gasteiger charge is 2.33. The Morgan fingerprint density at radius 3 is 2.65 bits per heavy atom. The maximum absolute atomic E-state index is 12.8. The topological polar surface area (TPSA) is 98.6 Å². The van der Waals surface area contributed by atoms with Crippen molar-refractivity contribution in [3.8, 4) is 16.3 Å². The number of aromatic nitrogens is 2. The van der Waals surface area contributed by atoms with E-state index in [9.17, 15) is 18.0 Å². The standard InChI is InChI=1S/C21H21N3O5S2/c1-23(16-9-11-31(27,28)14-16)19(25)13-29-21(26)17-12-24(15-6-3-2-4-7-15)22-20(17)18-8-5-10-30-18/h2-8,10,12,16H,9,11,13-14H2,1H3. The molecule has 3 aromatic rings. The summed E-state index contributed by atoms with van der Waals surface area (Å²) in [5.41, 5.74) is 1.52. The van der Waals surface area contributed by atoms with Crippen LogP contribution < -0.4 is 0 Å². The number of benzene rings is 1. The molecule has 10 heteroatoms. The Balaban J connectivity index is 1.50. The minimum Gasteiger partial charge on any atom is -0.452 e. The first-order valence-electron chi connectivity index (χ1n) is 9.66. The van der Waals surface area contributed by atoms with E-state index in [1.165, 1.54) is 23.3 Å². The quantitative estimate of drug-likeness (QED) is 0.525. The fourth-order valence-corrected chi connectivity index (χ4v) is 5.92. The van der Waals surface area contributed by atoms with E-state index in [0.29, 0.717) is 12.1 Å². The molecule has 162 valence electrons. The molecule has 8 nitrogen and oxygen atoms in total. The molecule has 1 saturated heterocycles. The number of esters is 1. The molecule has 1 unspecified atom stereocenters. The lowest BCUT2D eigenvalue weighted by molar-refractivity contribution is -0.134. The highest BCUT2D eigenvalue weighted by molar-refractivity contribution is 7.91. The van der Waals surface area contributed by atoms with Crippen LogP contribution in [0.3, 0.4) is 0 Å². The van der Waals surface area contributed by atoms with E-state index >= 15 is 0 Å². The third-order valence-electron chi connectivity index (χ3n) is 5.19. The maximum atomic E-state index is 12.8. The van der Waals surface area contributed by atoms with E-state index in [0.717, 1.165) is 10.6 Å². The van der Waals surface area contributed by atoms with Crippen LogP contribution in [0.5, 0.6) is 0 Å². The highest BCUT2D eigenvalue weighted by Crippen LogP contribution is 2.28. The Bertz CT molecular complexity index is 1190. The minimum atomic E-state index is -3.11. The summed E-state index contributed by atoms with van der Waals surface area (Å²) in [6.07, 6.45) is 1.98. The van der Waals surface area contributed by atoms with Gasteiger partial charge in [-0.15, -0.1) is 11.3 Å². The van der Waals surface area contributed by atoms with Crippen LogP contribution >= 0.6 is 11.3 Å². The second-order valence-corrected chi connectivity index (χ2v) is 10.5. The smallest absolute Gasteiger partial charge is 0.342 e. The molecule has 0 bridgehead atoms. The first-order valence-corrected chi connectivity index (χ1v) is 12.4. The van der Waals surface area contributed by atoms with Gasteiger partial charge in [-0.2, -0.15) is 5.10 Å². The third kappa shape index (κ3) is 4.70. The number of carbonyl (C=O) groups excluding carboxylic acids is 2. The lowest BCUT2D eigenvalue weighted by atomic mass is 10.2. The first kappa shape index (κ1) is 21.3. The van der Waals surface area contributed by atoms with E-state index in [1.54, 1.807) is 10.9 Å². The van der Waals surface area contributed by atoms with Gasteiger partial charge >= 0.3 is 5.97 Å². The number of hydrogen-bond acceptors (Lipinski definition) is 7. The maximum Gasteiger partial charge on any atom is 0.342 e. The summed E-state index contributed by atoms with van der Waals surface area (Å²) in [5.74, 6) is -1.09. The molecule has 1 atom stereocenters. The Labute approximate surface area is 184 Å². The van der Waals surface area contributed by atoms with E-state index in [1.807, 2.05) is 47.8 Å². The number of nitrogens with zero attached hydrogens (tertiary/aromatic N) is 3. The van der Waals surface area contributed by atoms with Crippen LogP contribution in [0.2, 0.25) is 0 Å². The number of amides is 1. The van der Waals surface area contributed by atoms with Crippen molar-refractivity contribution in [2.75, 3.05) is 25.2 Å². The van der Waals surface area contributed by atoms with Crippen molar-refractivity contribution in [2.45, 2.75) is 12.5 Å². The average molecular weight is 460 g/mol. The number of rotatable bonds is 6. The predicted octanol–water partition coefficient (Wildman–Crippen LogP) is 2.40. The molecule has 1 aliphatic rings. The summed E-state index contributed by atoms with van der Waals surface area (Å²) >= 11 is 1.45. The Kier molecular flexibility index (Phi) is 5.92. The summed E-state index contributed by atoms with van der Waals surface area (Å²) in [4.78, 5) is 27.4. The molecule has 0 spiro atoms. The van der Waals surface area contributed by atoms with Gasteiger partial charge in [0.15, 0.2) is 16.4 Å². The van der Waals surface area contributed by atoms with Gasteiger partial charge in [0.2, 0.25) is 0 Å². The molecule has 2 aromatic heterocycles. The highest BCUT2D eigenvalue weighted by atomic mass is 32.2. The summed E-state index contributed by atoms with van der Waals surface area (Å²) in [6, 6.07) is 12.7. The van der Waals surface area contributed by atoms with Crippen molar-refractivity contribution in [1.29, 1.82) is 0 Å². The van der Waals surface area contributed by atoms with Gasteiger partial charge in [0.25, 0.3) is 5.91 Å². The normalized spacial score (nSPS) is 17.4. The molecule has 4 rings (SSSR count). The zero-order valence-corrected chi connectivity index (χ0v) is 18.4. The minimum absolute atomic E-state index is 0.0600. The van der Waals surface area contributed by atoms with E-state index in [-0.39, 0.29) is 17.1 Å². The van der Waals surface area contributed by atoms with E-state index < -0.39 is 34.4 Å². The Hall–Kier alpha value is -2.98. The zero-order chi connectivity index (χ0) is 22.0. The van der Waals surface area contributed by atoms with Crippen molar-refractivity contribution in [3.63, 3.8) is 0 Å². The van der Waals surface area contributed by atoms with Crippen LogP contribution in [-0.2, 0) is 19.4 Å². The van der Waals surface area contributed by atoms with Crippen molar-refractivity contribution in [2.24, 2.45) is 0 Å². The number of carbonyl (C=O) groups is 2. The molecule has 0 saturated carbocycles. The van der Waals surface area contributed by atoms with Crippen LogP contribution in [0.15, 0.2) is 54.0 Å². The van der Waals surface area contributed by atoms with Crippen molar-refractivity contribution in [1.82, 2.24) is 14.7 Å². The van der Waals surface area contributed by atoms with Gasteiger partial charge in [-0.05, 0) is 30.0 Å². The van der Waals surface area contributed by atoms with Gasteiger partial charge in [0, 0.05) is 19.3 Å². The number of thiophene rings is 1. The second kappa shape index (κ2) is 8.64. The number of sulfone groups is 1. The number of para-hydroxylation sites is 1. The number of ether oxygens (including phenoxy) is 1. The summed E-state index contributed by atoms with van der Waals surface area (Å²) in [6.45, 7) is -0.466. The van der Waals surface area contributed by atoms with Crippen LogP contribution in [-0.4, -0.2) is 66.2 Å². The molecule has 1 amide bonds. The molecular formula is C21H21N3O5S2. The third-order valence-corrected chi connectivity index (χ3v) is 7.81.